The molecule has 3 rings (SSSR count). The first kappa shape index (κ1) is 21.4. The molecule has 0 spiro atoms. The molecule has 1 atom stereocenters. The van der Waals surface area contributed by atoms with Gasteiger partial charge in [0.05, 0.1) is 12.8 Å². The van der Waals surface area contributed by atoms with E-state index in [1.165, 1.54) is 0 Å². The lowest BCUT2D eigenvalue weighted by Gasteiger charge is -2.24. The van der Waals surface area contributed by atoms with Gasteiger partial charge in [-0.1, -0.05) is 0 Å². The summed E-state index contributed by atoms with van der Waals surface area (Å²) in [7, 11) is 0. The number of aliphatic imine (C=N–C) groups is 1. The standard InChI is InChI=1S/C17H22N6O2S.HI/c1-3-18-16(20-11-17(2,24)12-6-8-26-10-12)19-9-14-21-15(23-22-14)13-5-4-7-25-13;/h4-8,10,24H,3,9,11H2,1-2H3,(H2,18,19,20)(H,21,22,23);1H. The van der Waals surface area contributed by atoms with Crippen LogP contribution < -0.4 is 10.6 Å². The summed E-state index contributed by atoms with van der Waals surface area (Å²) in [6.07, 6.45) is 1.58. The normalized spacial score (nSPS) is 13.7. The second kappa shape index (κ2) is 9.85. The minimum Gasteiger partial charge on any atom is -0.461 e. The van der Waals surface area contributed by atoms with Crippen molar-refractivity contribution in [3.63, 3.8) is 0 Å². The Morgan fingerprint density at radius 3 is 2.93 bits per heavy atom. The van der Waals surface area contributed by atoms with Crippen LogP contribution in [0.5, 0.6) is 0 Å². The third kappa shape index (κ3) is 5.78. The fraction of sp³-hybridized carbons (Fsp3) is 0.353. The molecule has 0 fully saturated rings. The molecule has 3 aromatic rings. The molecule has 8 nitrogen and oxygen atoms in total. The summed E-state index contributed by atoms with van der Waals surface area (Å²) in [4.78, 5) is 8.85. The molecule has 4 N–H and O–H groups in total. The highest BCUT2D eigenvalue weighted by atomic mass is 127. The molecule has 0 saturated heterocycles. The van der Waals surface area contributed by atoms with Gasteiger partial charge in [-0.05, 0) is 48.4 Å². The van der Waals surface area contributed by atoms with Crippen LogP contribution in [0.3, 0.4) is 0 Å². The van der Waals surface area contributed by atoms with Crippen LogP contribution in [-0.2, 0) is 12.1 Å². The predicted octanol–water partition coefficient (Wildman–Crippen LogP) is 2.71. The number of furan rings is 1. The Bertz CT molecular complexity index is 830. The zero-order valence-electron chi connectivity index (χ0n) is 15.1. The van der Waals surface area contributed by atoms with Crippen molar-refractivity contribution in [2.45, 2.75) is 26.0 Å². The molecule has 0 aliphatic heterocycles. The van der Waals surface area contributed by atoms with Gasteiger partial charge in [0.15, 0.2) is 11.7 Å². The van der Waals surface area contributed by atoms with E-state index >= 15 is 0 Å². The molecule has 1 unspecified atom stereocenters. The van der Waals surface area contributed by atoms with Gasteiger partial charge < -0.3 is 20.2 Å². The smallest absolute Gasteiger partial charge is 0.216 e. The molecule has 3 aromatic heterocycles. The number of aromatic nitrogens is 3. The molecule has 0 aromatic carbocycles. The van der Waals surface area contributed by atoms with Crippen molar-refractivity contribution in [2.75, 3.05) is 13.1 Å². The molecule has 0 amide bonds. The van der Waals surface area contributed by atoms with E-state index in [1.807, 2.05) is 23.8 Å². The first-order valence-electron chi connectivity index (χ1n) is 8.31. The van der Waals surface area contributed by atoms with E-state index < -0.39 is 5.60 Å². The summed E-state index contributed by atoms with van der Waals surface area (Å²) in [6.45, 7) is 5.13. The maximum Gasteiger partial charge on any atom is 0.216 e. The van der Waals surface area contributed by atoms with E-state index in [4.69, 9.17) is 4.42 Å². The zero-order valence-corrected chi connectivity index (χ0v) is 18.2. The fourth-order valence-corrected chi connectivity index (χ4v) is 3.09. The molecule has 0 radical (unpaired) electrons. The lowest BCUT2D eigenvalue weighted by atomic mass is 9.99. The van der Waals surface area contributed by atoms with E-state index in [0.717, 1.165) is 5.56 Å². The van der Waals surface area contributed by atoms with Crippen molar-refractivity contribution >= 4 is 41.3 Å². The third-order valence-corrected chi connectivity index (χ3v) is 4.43. The van der Waals surface area contributed by atoms with Crippen LogP contribution in [-0.4, -0.2) is 39.3 Å². The fourth-order valence-electron chi connectivity index (χ4n) is 2.31. The number of nitrogens with zero attached hydrogens (tertiary/aromatic N) is 3. The van der Waals surface area contributed by atoms with Crippen LogP contribution in [0.15, 0.2) is 44.6 Å². The van der Waals surface area contributed by atoms with E-state index in [0.29, 0.717) is 43.0 Å². The van der Waals surface area contributed by atoms with Gasteiger partial charge in [-0.15, -0.1) is 29.1 Å². The first-order valence-corrected chi connectivity index (χ1v) is 9.25. The number of aromatic amines is 1. The second-order valence-electron chi connectivity index (χ2n) is 5.92. The lowest BCUT2D eigenvalue weighted by Crippen LogP contribution is -2.44. The monoisotopic (exact) mass is 502 g/mol. The molecule has 27 heavy (non-hydrogen) atoms. The number of H-pyrrole nitrogens is 1. The van der Waals surface area contributed by atoms with Crippen molar-refractivity contribution < 1.29 is 9.52 Å². The average Bonchev–Trinajstić information content (AvgIpc) is 3.39. The van der Waals surface area contributed by atoms with Gasteiger partial charge in [0.2, 0.25) is 5.82 Å². The van der Waals surface area contributed by atoms with Gasteiger partial charge in [-0.2, -0.15) is 11.3 Å². The molecule has 10 heteroatoms. The molecule has 0 aliphatic rings. The minimum atomic E-state index is -0.977. The summed E-state index contributed by atoms with van der Waals surface area (Å²) in [5, 5.41) is 27.8. The number of thiophene rings is 1. The zero-order chi connectivity index (χ0) is 18.4. The van der Waals surface area contributed by atoms with E-state index in [2.05, 4.69) is 30.8 Å². The van der Waals surface area contributed by atoms with Crippen molar-refractivity contribution in [3.05, 3.63) is 46.6 Å². The van der Waals surface area contributed by atoms with Crippen LogP contribution in [0.25, 0.3) is 11.6 Å². The van der Waals surface area contributed by atoms with Crippen LogP contribution >= 0.6 is 35.3 Å². The van der Waals surface area contributed by atoms with E-state index in [9.17, 15) is 5.11 Å². The van der Waals surface area contributed by atoms with Crippen molar-refractivity contribution in [3.8, 4) is 11.6 Å². The number of hydrogen-bond acceptors (Lipinski definition) is 6. The topological polar surface area (TPSA) is 111 Å². The largest absolute Gasteiger partial charge is 0.461 e. The number of rotatable bonds is 7. The van der Waals surface area contributed by atoms with Gasteiger partial charge in [-0.3, -0.25) is 5.10 Å². The quantitative estimate of drug-likeness (QED) is 0.225. The van der Waals surface area contributed by atoms with Gasteiger partial charge in [0.1, 0.15) is 18.0 Å². The van der Waals surface area contributed by atoms with Gasteiger partial charge in [0, 0.05) is 6.54 Å². The Morgan fingerprint density at radius 2 is 2.26 bits per heavy atom. The molecule has 146 valence electrons. The number of hydrogen-bond donors (Lipinski definition) is 4. The molecule has 0 aliphatic carbocycles. The Labute approximate surface area is 178 Å². The summed E-state index contributed by atoms with van der Waals surface area (Å²) < 4.78 is 5.28. The van der Waals surface area contributed by atoms with Crippen molar-refractivity contribution in [2.24, 2.45) is 4.99 Å². The summed E-state index contributed by atoms with van der Waals surface area (Å²) >= 11 is 1.56. The maximum atomic E-state index is 10.6. The molecule has 0 saturated carbocycles. The number of halogens is 1. The van der Waals surface area contributed by atoms with Crippen molar-refractivity contribution in [1.29, 1.82) is 0 Å². The SMILES string of the molecule is CCNC(=NCc1nc(-c2ccco2)n[nH]1)NCC(C)(O)c1ccsc1.I. The molecular formula is C17H23IN6O2S. The van der Waals surface area contributed by atoms with E-state index in [-0.39, 0.29) is 24.0 Å². The second-order valence-corrected chi connectivity index (χ2v) is 6.70. The number of aliphatic hydroxyl groups is 1. The van der Waals surface area contributed by atoms with Gasteiger partial charge in [-0.25, -0.2) is 9.98 Å². The van der Waals surface area contributed by atoms with Crippen LogP contribution in [0, 0.1) is 0 Å². The molecule has 3 heterocycles. The highest BCUT2D eigenvalue weighted by molar-refractivity contribution is 14.0. The van der Waals surface area contributed by atoms with Crippen LogP contribution in [0.1, 0.15) is 25.2 Å². The van der Waals surface area contributed by atoms with Crippen molar-refractivity contribution in [1.82, 2.24) is 25.8 Å². The Morgan fingerprint density at radius 1 is 1.41 bits per heavy atom. The average molecular weight is 502 g/mol. The van der Waals surface area contributed by atoms with Crippen LogP contribution in [0.2, 0.25) is 0 Å². The first-order chi connectivity index (χ1) is 12.6. The Hall–Kier alpha value is -1.92. The van der Waals surface area contributed by atoms with Crippen LogP contribution in [0.4, 0.5) is 0 Å². The Balaban J connectivity index is 0.00000261. The van der Waals surface area contributed by atoms with E-state index in [1.54, 1.807) is 36.7 Å². The summed E-state index contributed by atoms with van der Waals surface area (Å²) in [5.41, 5.74) is -0.0984. The third-order valence-electron chi connectivity index (χ3n) is 3.75. The molecule has 0 bridgehead atoms. The molecular weight excluding hydrogens is 479 g/mol. The summed E-state index contributed by atoms with van der Waals surface area (Å²) in [5.74, 6) is 2.32. The highest BCUT2D eigenvalue weighted by Gasteiger charge is 2.23. The van der Waals surface area contributed by atoms with Gasteiger partial charge >= 0.3 is 0 Å². The van der Waals surface area contributed by atoms with Gasteiger partial charge in [0.25, 0.3) is 0 Å². The Kier molecular flexibility index (Phi) is 7.80. The number of nitrogens with one attached hydrogen (secondary N) is 3. The highest BCUT2D eigenvalue weighted by Crippen LogP contribution is 2.22. The number of guanidine groups is 1. The lowest BCUT2D eigenvalue weighted by molar-refractivity contribution is 0.0621. The maximum absolute atomic E-state index is 10.6. The minimum absolute atomic E-state index is 0. The predicted molar refractivity (Wildman–Crippen MR) is 116 cm³/mol. The summed E-state index contributed by atoms with van der Waals surface area (Å²) in [6, 6.07) is 5.51.